The number of hydrogen-bond donors (Lipinski definition) is 2. The van der Waals surface area contributed by atoms with Crippen LogP contribution in [0.1, 0.15) is 29.4 Å². The number of anilines is 2. The van der Waals surface area contributed by atoms with Gasteiger partial charge in [-0.25, -0.2) is 4.98 Å². The number of aromatic nitrogens is 1. The molecule has 1 aromatic rings. The van der Waals surface area contributed by atoms with Crippen LogP contribution in [0.3, 0.4) is 0 Å². The highest BCUT2D eigenvalue weighted by molar-refractivity contribution is 7.18. The van der Waals surface area contributed by atoms with Gasteiger partial charge in [-0.3, -0.25) is 4.79 Å². The summed E-state index contributed by atoms with van der Waals surface area (Å²) in [6.45, 7) is 2.19. The Hall–Kier alpha value is -1.30. The number of nitrogens with two attached hydrogens (primary N) is 1. The van der Waals surface area contributed by atoms with Gasteiger partial charge in [0.15, 0.2) is 5.13 Å². The van der Waals surface area contributed by atoms with Crippen LogP contribution in [-0.2, 0) is 0 Å². The lowest BCUT2D eigenvalue weighted by atomic mass is 9.82. The van der Waals surface area contributed by atoms with Crippen LogP contribution in [0.25, 0.3) is 0 Å². The molecule has 17 heavy (non-hydrogen) atoms. The van der Waals surface area contributed by atoms with Crippen LogP contribution in [0, 0.1) is 5.92 Å². The molecule has 6 heteroatoms. The lowest BCUT2D eigenvalue weighted by Gasteiger charge is -2.33. The van der Waals surface area contributed by atoms with Crippen molar-refractivity contribution in [3.8, 4) is 0 Å². The Kier molecular flexibility index (Phi) is 3.24. The molecule has 0 atom stereocenters. The molecule has 2 rings (SSSR count). The molecule has 0 unspecified atom stereocenters. The van der Waals surface area contributed by atoms with Crippen molar-refractivity contribution in [1.29, 1.82) is 0 Å². The summed E-state index contributed by atoms with van der Waals surface area (Å²) < 4.78 is 0. The summed E-state index contributed by atoms with van der Waals surface area (Å²) in [7, 11) is 3.77. The Morgan fingerprint density at radius 3 is 2.65 bits per heavy atom. The molecule has 1 amide bonds. The second kappa shape index (κ2) is 4.52. The van der Waals surface area contributed by atoms with Gasteiger partial charge in [-0.15, -0.1) is 0 Å². The van der Waals surface area contributed by atoms with Crippen molar-refractivity contribution in [2.24, 2.45) is 5.92 Å². The van der Waals surface area contributed by atoms with Crippen molar-refractivity contribution in [3.05, 3.63) is 4.88 Å². The first kappa shape index (κ1) is 12.2. The Morgan fingerprint density at radius 2 is 2.18 bits per heavy atom. The highest BCUT2D eigenvalue weighted by Crippen LogP contribution is 2.29. The SMILES string of the molecule is CC1CC(NC(=O)c2sc(N(C)C)nc2N)C1. The van der Waals surface area contributed by atoms with Gasteiger partial charge >= 0.3 is 0 Å². The van der Waals surface area contributed by atoms with Gasteiger partial charge in [-0.2, -0.15) is 0 Å². The monoisotopic (exact) mass is 254 g/mol. The molecule has 94 valence electrons. The topological polar surface area (TPSA) is 71.2 Å². The Morgan fingerprint density at radius 1 is 1.53 bits per heavy atom. The van der Waals surface area contributed by atoms with Crippen LogP contribution in [0.15, 0.2) is 0 Å². The van der Waals surface area contributed by atoms with E-state index < -0.39 is 0 Å². The van der Waals surface area contributed by atoms with E-state index in [4.69, 9.17) is 5.73 Å². The van der Waals surface area contributed by atoms with Gasteiger partial charge in [0, 0.05) is 20.1 Å². The molecule has 0 aromatic carbocycles. The summed E-state index contributed by atoms with van der Waals surface area (Å²) in [4.78, 5) is 18.5. The van der Waals surface area contributed by atoms with Gasteiger partial charge in [0.2, 0.25) is 0 Å². The normalized spacial score (nSPS) is 23.0. The maximum Gasteiger partial charge on any atom is 0.265 e. The maximum atomic E-state index is 12.0. The molecule has 3 N–H and O–H groups in total. The van der Waals surface area contributed by atoms with E-state index >= 15 is 0 Å². The van der Waals surface area contributed by atoms with Gasteiger partial charge in [0.25, 0.3) is 5.91 Å². The quantitative estimate of drug-likeness (QED) is 0.853. The third-order valence-electron chi connectivity index (χ3n) is 2.94. The van der Waals surface area contributed by atoms with Crippen molar-refractivity contribution >= 4 is 28.2 Å². The predicted molar refractivity (Wildman–Crippen MR) is 70.5 cm³/mol. The highest BCUT2D eigenvalue weighted by Gasteiger charge is 2.28. The first-order valence-corrected chi connectivity index (χ1v) is 6.53. The summed E-state index contributed by atoms with van der Waals surface area (Å²) >= 11 is 1.33. The molecule has 0 saturated heterocycles. The zero-order chi connectivity index (χ0) is 12.6. The summed E-state index contributed by atoms with van der Waals surface area (Å²) in [6.07, 6.45) is 2.12. The fraction of sp³-hybridized carbons (Fsp3) is 0.636. The lowest BCUT2D eigenvalue weighted by molar-refractivity contribution is 0.0901. The van der Waals surface area contributed by atoms with Crippen LogP contribution in [0.4, 0.5) is 10.9 Å². The first-order valence-electron chi connectivity index (χ1n) is 5.72. The molecule has 5 nitrogen and oxygen atoms in total. The van der Waals surface area contributed by atoms with Crippen molar-refractivity contribution in [2.75, 3.05) is 24.7 Å². The number of nitrogens with one attached hydrogen (secondary N) is 1. The second-order valence-electron chi connectivity index (χ2n) is 4.85. The number of carbonyl (C=O) groups is 1. The first-order chi connectivity index (χ1) is 7.97. The van der Waals surface area contributed by atoms with Crippen LogP contribution in [0.5, 0.6) is 0 Å². The fourth-order valence-electron chi connectivity index (χ4n) is 1.95. The number of nitrogen functional groups attached to an aromatic ring is 1. The summed E-state index contributed by atoms with van der Waals surface area (Å²) in [5, 5.41) is 3.75. The standard InChI is InChI=1S/C11H18N4OS/c1-6-4-7(5-6)13-10(16)8-9(12)14-11(17-8)15(2)3/h6-7H,4-5,12H2,1-3H3,(H,13,16). The maximum absolute atomic E-state index is 12.0. The van der Waals surface area contributed by atoms with Crippen LogP contribution >= 0.6 is 11.3 Å². The number of nitrogens with zero attached hydrogens (tertiary/aromatic N) is 2. The van der Waals surface area contributed by atoms with E-state index in [1.54, 1.807) is 0 Å². The van der Waals surface area contributed by atoms with Gasteiger partial charge in [0.1, 0.15) is 10.7 Å². The predicted octanol–water partition coefficient (Wildman–Crippen LogP) is 1.32. The Balaban J connectivity index is 2.03. The van der Waals surface area contributed by atoms with E-state index in [1.807, 2.05) is 19.0 Å². The zero-order valence-electron chi connectivity index (χ0n) is 10.4. The smallest absolute Gasteiger partial charge is 0.265 e. The minimum Gasteiger partial charge on any atom is -0.382 e. The molecular formula is C11H18N4OS. The van der Waals surface area contributed by atoms with E-state index in [0.717, 1.165) is 23.9 Å². The van der Waals surface area contributed by atoms with Crippen molar-refractivity contribution in [1.82, 2.24) is 10.3 Å². The summed E-state index contributed by atoms with van der Waals surface area (Å²) in [5.41, 5.74) is 5.75. The Bertz CT molecular complexity index is 423. The zero-order valence-corrected chi connectivity index (χ0v) is 11.2. The average molecular weight is 254 g/mol. The highest BCUT2D eigenvalue weighted by atomic mass is 32.1. The third-order valence-corrected chi connectivity index (χ3v) is 4.18. The van der Waals surface area contributed by atoms with E-state index in [2.05, 4.69) is 17.2 Å². The van der Waals surface area contributed by atoms with Crippen molar-refractivity contribution in [3.63, 3.8) is 0 Å². The minimum absolute atomic E-state index is 0.0926. The lowest BCUT2D eigenvalue weighted by Crippen LogP contribution is -2.43. The van der Waals surface area contributed by atoms with E-state index in [1.165, 1.54) is 11.3 Å². The van der Waals surface area contributed by atoms with Gasteiger partial charge in [0.05, 0.1) is 0 Å². The third kappa shape index (κ3) is 2.52. The van der Waals surface area contributed by atoms with Crippen molar-refractivity contribution < 1.29 is 4.79 Å². The molecule has 0 aliphatic heterocycles. The largest absolute Gasteiger partial charge is 0.382 e. The number of rotatable bonds is 3. The molecule has 0 bridgehead atoms. The molecule has 1 heterocycles. The molecule has 1 aliphatic rings. The van der Waals surface area contributed by atoms with Crippen LogP contribution in [-0.4, -0.2) is 31.0 Å². The number of thiazole rings is 1. The molecular weight excluding hydrogens is 236 g/mol. The summed E-state index contributed by atoms with van der Waals surface area (Å²) in [5.74, 6) is 0.949. The van der Waals surface area contributed by atoms with E-state index in [-0.39, 0.29) is 5.91 Å². The van der Waals surface area contributed by atoms with E-state index in [0.29, 0.717) is 16.7 Å². The second-order valence-corrected chi connectivity index (χ2v) is 5.83. The average Bonchev–Trinajstić information content (AvgIpc) is 2.58. The summed E-state index contributed by atoms with van der Waals surface area (Å²) in [6, 6.07) is 0.307. The number of amides is 1. The van der Waals surface area contributed by atoms with E-state index in [9.17, 15) is 4.79 Å². The Labute approximate surface area is 105 Å². The molecule has 1 saturated carbocycles. The van der Waals surface area contributed by atoms with Gasteiger partial charge in [-0.1, -0.05) is 18.3 Å². The fourth-order valence-corrected chi connectivity index (χ4v) is 2.76. The van der Waals surface area contributed by atoms with Crippen LogP contribution in [0.2, 0.25) is 0 Å². The molecule has 0 spiro atoms. The van der Waals surface area contributed by atoms with Crippen molar-refractivity contribution in [2.45, 2.75) is 25.8 Å². The minimum atomic E-state index is -0.0926. The number of hydrogen-bond acceptors (Lipinski definition) is 5. The van der Waals surface area contributed by atoms with Crippen LogP contribution < -0.4 is 16.0 Å². The number of carbonyl (C=O) groups excluding carboxylic acids is 1. The van der Waals surface area contributed by atoms with Gasteiger partial charge < -0.3 is 16.0 Å². The molecule has 0 radical (unpaired) electrons. The molecule has 1 fully saturated rings. The molecule has 1 aliphatic carbocycles. The van der Waals surface area contributed by atoms with Gasteiger partial charge in [-0.05, 0) is 18.8 Å². The molecule has 1 aromatic heterocycles.